The number of hydrazine groups is 1. The molecule has 1 atom stereocenters. The van der Waals surface area contributed by atoms with Crippen LogP contribution >= 0.6 is 55.0 Å². The molecule has 102 valence electrons. The first-order valence-corrected chi connectivity index (χ1v) is 9.20. The van der Waals surface area contributed by atoms with Crippen LogP contribution in [0.15, 0.2) is 49.6 Å². The van der Waals surface area contributed by atoms with Gasteiger partial charge in [-0.25, -0.2) is 0 Å². The molecule has 0 saturated heterocycles. The van der Waals surface area contributed by atoms with Crippen molar-refractivity contribution in [3.63, 3.8) is 0 Å². The average molecular weight is 422 g/mol. The van der Waals surface area contributed by atoms with Crippen LogP contribution < -0.4 is 11.3 Å². The zero-order valence-electron chi connectivity index (χ0n) is 10.1. The zero-order valence-corrected chi connectivity index (χ0v) is 14.9. The summed E-state index contributed by atoms with van der Waals surface area (Å²) in [4.78, 5) is 2.58. The van der Waals surface area contributed by atoms with Gasteiger partial charge in [0.2, 0.25) is 0 Å². The molecule has 1 aromatic carbocycles. The van der Waals surface area contributed by atoms with Crippen LogP contribution in [-0.2, 0) is 6.42 Å². The Hall–Kier alpha value is 0.150. The second-order valence-corrected chi connectivity index (χ2v) is 7.89. The molecule has 0 radical (unpaired) electrons. The minimum absolute atomic E-state index is 0.263. The Labute approximate surface area is 138 Å². The van der Waals surface area contributed by atoms with Crippen LogP contribution in [0.3, 0.4) is 0 Å². The fourth-order valence-corrected chi connectivity index (χ4v) is 4.75. The highest BCUT2D eigenvalue weighted by Gasteiger charge is 2.11. The second kappa shape index (κ2) is 7.81. The first-order valence-electron chi connectivity index (χ1n) is 5.75. The van der Waals surface area contributed by atoms with Gasteiger partial charge in [-0.05, 0) is 45.6 Å². The van der Waals surface area contributed by atoms with E-state index in [1.54, 1.807) is 11.3 Å². The number of halogens is 2. The van der Waals surface area contributed by atoms with Crippen molar-refractivity contribution in [3.8, 4) is 0 Å². The van der Waals surface area contributed by atoms with E-state index >= 15 is 0 Å². The van der Waals surface area contributed by atoms with Crippen LogP contribution in [0, 0.1) is 0 Å². The summed E-state index contributed by atoms with van der Waals surface area (Å²) in [6.45, 7) is 0. The fourth-order valence-electron chi connectivity index (χ4n) is 1.61. The molecule has 6 heteroatoms. The van der Waals surface area contributed by atoms with E-state index in [4.69, 9.17) is 5.84 Å². The molecule has 1 heterocycles. The molecule has 0 amide bonds. The summed E-state index contributed by atoms with van der Waals surface area (Å²) >= 11 is 10.6. The van der Waals surface area contributed by atoms with Crippen molar-refractivity contribution in [2.75, 3.05) is 5.75 Å². The van der Waals surface area contributed by atoms with Crippen LogP contribution in [0.5, 0.6) is 0 Å². The normalized spacial score (nSPS) is 12.6. The predicted octanol–water partition coefficient (Wildman–Crippen LogP) is 4.44. The van der Waals surface area contributed by atoms with E-state index in [0.717, 1.165) is 16.6 Å². The van der Waals surface area contributed by atoms with E-state index in [2.05, 4.69) is 60.9 Å². The quantitative estimate of drug-likeness (QED) is 0.411. The molecule has 3 N–H and O–H groups in total. The third kappa shape index (κ3) is 4.88. The Balaban J connectivity index is 1.91. The van der Waals surface area contributed by atoms with E-state index in [1.807, 2.05) is 23.9 Å². The zero-order chi connectivity index (χ0) is 13.7. The third-order valence-electron chi connectivity index (χ3n) is 2.61. The highest BCUT2D eigenvalue weighted by molar-refractivity contribution is 9.10. The summed E-state index contributed by atoms with van der Waals surface area (Å²) in [5, 5.41) is 2.09. The summed E-state index contributed by atoms with van der Waals surface area (Å²) in [5.41, 5.74) is 2.91. The molecule has 0 bridgehead atoms. The lowest BCUT2D eigenvalue weighted by molar-refractivity contribution is 0.578. The summed E-state index contributed by atoms with van der Waals surface area (Å²) in [6.07, 6.45) is 0.940. The summed E-state index contributed by atoms with van der Waals surface area (Å²) in [6, 6.07) is 10.7. The van der Waals surface area contributed by atoms with Crippen molar-refractivity contribution < 1.29 is 0 Å². The molecule has 2 aromatic rings. The monoisotopic (exact) mass is 420 g/mol. The molecule has 0 aliphatic rings. The van der Waals surface area contributed by atoms with Gasteiger partial charge < -0.3 is 0 Å². The number of rotatable bonds is 6. The largest absolute Gasteiger partial charge is 0.271 e. The topological polar surface area (TPSA) is 38.0 Å². The minimum atomic E-state index is 0.263. The van der Waals surface area contributed by atoms with Gasteiger partial charge in [-0.1, -0.05) is 22.0 Å². The maximum Gasteiger partial charge on any atom is 0.0353 e. The van der Waals surface area contributed by atoms with E-state index in [0.29, 0.717) is 0 Å². The molecule has 0 aliphatic heterocycles. The molecule has 1 aromatic heterocycles. The maximum absolute atomic E-state index is 5.65. The molecule has 2 nitrogen and oxygen atoms in total. The van der Waals surface area contributed by atoms with E-state index in [9.17, 15) is 0 Å². The van der Waals surface area contributed by atoms with Crippen molar-refractivity contribution in [2.24, 2.45) is 5.84 Å². The summed E-state index contributed by atoms with van der Waals surface area (Å²) in [5.74, 6) is 6.59. The third-order valence-corrected chi connectivity index (χ3v) is 6.20. The van der Waals surface area contributed by atoms with Crippen molar-refractivity contribution >= 4 is 55.0 Å². The van der Waals surface area contributed by atoms with Gasteiger partial charge >= 0.3 is 0 Å². The number of benzene rings is 1. The van der Waals surface area contributed by atoms with Crippen LogP contribution in [-0.4, -0.2) is 11.8 Å². The maximum atomic E-state index is 5.65. The van der Waals surface area contributed by atoms with Crippen molar-refractivity contribution in [3.05, 3.63) is 49.5 Å². The molecule has 0 saturated carbocycles. The summed E-state index contributed by atoms with van der Waals surface area (Å²) < 4.78 is 2.28. The first kappa shape index (κ1) is 15.5. The van der Waals surface area contributed by atoms with Gasteiger partial charge in [-0.3, -0.25) is 11.3 Å². The van der Waals surface area contributed by atoms with Crippen molar-refractivity contribution in [1.82, 2.24) is 5.43 Å². The predicted molar refractivity (Wildman–Crippen MR) is 91.7 cm³/mol. The van der Waals surface area contributed by atoms with E-state index < -0.39 is 0 Å². The number of hydrogen-bond acceptors (Lipinski definition) is 4. The second-order valence-electron chi connectivity index (χ2n) is 4.03. The molecule has 19 heavy (non-hydrogen) atoms. The van der Waals surface area contributed by atoms with Gasteiger partial charge in [-0.15, -0.1) is 23.1 Å². The Kier molecular flexibility index (Phi) is 6.38. The Morgan fingerprint density at radius 2 is 2.16 bits per heavy atom. The van der Waals surface area contributed by atoms with E-state index in [1.165, 1.54) is 14.2 Å². The fraction of sp³-hybridized carbons (Fsp3) is 0.231. The molecule has 0 aliphatic carbocycles. The van der Waals surface area contributed by atoms with Gasteiger partial charge in [0.15, 0.2) is 0 Å². The Morgan fingerprint density at radius 1 is 1.32 bits per heavy atom. The summed E-state index contributed by atoms with van der Waals surface area (Å²) in [7, 11) is 0. The van der Waals surface area contributed by atoms with Gasteiger partial charge in [0, 0.05) is 36.9 Å². The van der Waals surface area contributed by atoms with E-state index in [-0.39, 0.29) is 6.04 Å². The molecule has 1 unspecified atom stereocenters. The lowest BCUT2D eigenvalue weighted by Crippen LogP contribution is -2.38. The van der Waals surface area contributed by atoms with Gasteiger partial charge in [-0.2, -0.15) is 0 Å². The highest BCUT2D eigenvalue weighted by Crippen LogP contribution is 2.26. The van der Waals surface area contributed by atoms with Crippen molar-refractivity contribution in [2.45, 2.75) is 17.4 Å². The molecular formula is C13H14Br2N2S2. The van der Waals surface area contributed by atoms with Gasteiger partial charge in [0.05, 0.1) is 0 Å². The number of hydrogen-bond donors (Lipinski definition) is 2. The lowest BCUT2D eigenvalue weighted by atomic mass is 10.2. The average Bonchev–Trinajstić information content (AvgIpc) is 2.80. The number of nitrogens with two attached hydrogens (primary N) is 1. The first-order chi connectivity index (χ1) is 9.19. The molecular weight excluding hydrogens is 408 g/mol. The number of thiophene rings is 1. The highest BCUT2D eigenvalue weighted by atomic mass is 79.9. The standard InChI is InChI=1S/C13H14Br2N2S2/c14-9-2-1-3-11(6-9)19-8-10(17-16)7-13-12(15)4-5-18-13/h1-6,10,17H,7-8,16H2. The minimum Gasteiger partial charge on any atom is -0.271 e. The number of thioether (sulfide) groups is 1. The van der Waals surface area contributed by atoms with Gasteiger partial charge in [0.1, 0.15) is 0 Å². The Morgan fingerprint density at radius 3 is 2.79 bits per heavy atom. The Bertz CT molecular complexity index is 531. The SMILES string of the molecule is NNC(CSc1cccc(Br)c1)Cc1sccc1Br. The molecule has 0 spiro atoms. The smallest absolute Gasteiger partial charge is 0.0353 e. The van der Waals surface area contributed by atoms with Crippen LogP contribution in [0.4, 0.5) is 0 Å². The molecule has 0 fully saturated rings. The van der Waals surface area contributed by atoms with Gasteiger partial charge in [0.25, 0.3) is 0 Å². The van der Waals surface area contributed by atoms with Crippen LogP contribution in [0.2, 0.25) is 0 Å². The van der Waals surface area contributed by atoms with Crippen LogP contribution in [0.25, 0.3) is 0 Å². The number of nitrogens with one attached hydrogen (secondary N) is 1. The van der Waals surface area contributed by atoms with Crippen LogP contribution in [0.1, 0.15) is 4.88 Å². The van der Waals surface area contributed by atoms with Crippen molar-refractivity contribution in [1.29, 1.82) is 0 Å². The molecule has 2 rings (SSSR count). The lowest BCUT2D eigenvalue weighted by Gasteiger charge is -2.15.